The molecule has 1 heterocycles. The number of rotatable bonds is 5. The van der Waals surface area contributed by atoms with Gasteiger partial charge in [0, 0.05) is 24.1 Å². The highest BCUT2D eigenvalue weighted by Gasteiger charge is 2.33. The van der Waals surface area contributed by atoms with Crippen molar-refractivity contribution in [3.05, 3.63) is 34.9 Å². The van der Waals surface area contributed by atoms with Crippen LogP contribution in [-0.4, -0.2) is 28.9 Å². The van der Waals surface area contributed by atoms with Gasteiger partial charge in [0.05, 0.1) is 6.04 Å². The smallest absolute Gasteiger partial charge is 0.255 e. The SMILES string of the molecule is CC#Cc1cccc2c1CN(C(C=O)CCC(C)=O)C2=O. The average molecular weight is 283 g/mol. The number of carbonyl (C=O) groups is 3. The van der Waals surface area contributed by atoms with Gasteiger partial charge in [-0.25, -0.2) is 0 Å². The molecule has 4 nitrogen and oxygen atoms in total. The maximum Gasteiger partial charge on any atom is 0.255 e. The third-order valence-corrected chi connectivity index (χ3v) is 3.60. The summed E-state index contributed by atoms with van der Waals surface area (Å²) in [5.41, 5.74) is 2.29. The van der Waals surface area contributed by atoms with E-state index in [9.17, 15) is 14.4 Å². The Hall–Kier alpha value is -2.41. The Morgan fingerprint density at radius 3 is 2.86 bits per heavy atom. The Morgan fingerprint density at radius 1 is 1.48 bits per heavy atom. The van der Waals surface area contributed by atoms with Crippen molar-refractivity contribution >= 4 is 18.0 Å². The number of ketones is 1. The summed E-state index contributed by atoms with van der Waals surface area (Å²) in [6.07, 6.45) is 1.41. The molecule has 0 fully saturated rings. The standard InChI is InChI=1S/C17H17NO3/c1-3-5-13-6-4-7-15-16(13)10-18(17(15)21)14(11-19)9-8-12(2)20/h4,6-7,11,14H,8-10H2,1-2H3. The second-order valence-corrected chi connectivity index (χ2v) is 5.08. The van der Waals surface area contributed by atoms with Gasteiger partial charge in [-0.05, 0) is 38.0 Å². The Bertz CT molecular complexity index is 652. The van der Waals surface area contributed by atoms with E-state index in [4.69, 9.17) is 0 Å². The summed E-state index contributed by atoms with van der Waals surface area (Å²) in [7, 11) is 0. The number of Topliss-reactive ketones (excluding diaryl/α,β-unsaturated/α-hetero) is 1. The molecule has 1 unspecified atom stereocenters. The second-order valence-electron chi connectivity index (χ2n) is 5.08. The van der Waals surface area contributed by atoms with Gasteiger partial charge in [-0.15, -0.1) is 5.92 Å². The third-order valence-electron chi connectivity index (χ3n) is 3.60. The topological polar surface area (TPSA) is 54.5 Å². The molecule has 0 aromatic heterocycles. The van der Waals surface area contributed by atoms with Crippen LogP contribution < -0.4 is 0 Å². The molecule has 1 aromatic carbocycles. The summed E-state index contributed by atoms with van der Waals surface area (Å²) >= 11 is 0. The number of amides is 1. The average Bonchev–Trinajstić information content (AvgIpc) is 2.79. The van der Waals surface area contributed by atoms with Crippen LogP contribution in [0.1, 0.15) is 48.2 Å². The zero-order chi connectivity index (χ0) is 15.4. The number of hydrogen-bond acceptors (Lipinski definition) is 3. The maximum atomic E-state index is 12.4. The fourth-order valence-corrected chi connectivity index (χ4v) is 2.52. The number of nitrogens with zero attached hydrogens (tertiary/aromatic N) is 1. The predicted molar refractivity (Wildman–Crippen MR) is 78.6 cm³/mol. The Kier molecular flexibility index (Phi) is 4.54. The van der Waals surface area contributed by atoms with Crippen LogP contribution in [0.2, 0.25) is 0 Å². The summed E-state index contributed by atoms with van der Waals surface area (Å²) in [6, 6.07) is 4.87. The molecule has 1 amide bonds. The van der Waals surface area contributed by atoms with Crippen LogP contribution in [0.3, 0.4) is 0 Å². The molecule has 0 bridgehead atoms. The van der Waals surface area contributed by atoms with Gasteiger partial charge >= 0.3 is 0 Å². The quantitative estimate of drug-likeness (QED) is 0.613. The summed E-state index contributed by atoms with van der Waals surface area (Å²) in [5, 5.41) is 0. The van der Waals surface area contributed by atoms with Gasteiger partial charge in [-0.3, -0.25) is 4.79 Å². The van der Waals surface area contributed by atoms with Gasteiger partial charge in [0.1, 0.15) is 12.1 Å². The Balaban J connectivity index is 2.27. The molecule has 0 radical (unpaired) electrons. The molecule has 0 saturated carbocycles. The summed E-state index contributed by atoms with van der Waals surface area (Å²) in [5.74, 6) is 5.67. The molecule has 0 spiro atoms. The number of carbonyl (C=O) groups excluding carboxylic acids is 3. The van der Waals surface area contributed by atoms with E-state index in [1.54, 1.807) is 19.1 Å². The molecule has 1 aromatic rings. The first-order valence-corrected chi connectivity index (χ1v) is 6.88. The first kappa shape index (κ1) is 15.0. The lowest BCUT2D eigenvalue weighted by molar-refractivity contribution is -0.117. The molecule has 1 aliphatic rings. The van der Waals surface area contributed by atoms with Gasteiger partial charge in [-0.2, -0.15) is 0 Å². The van der Waals surface area contributed by atoms with Gasteiger partial charge in [0.2, 0.25) is 0 Å². The molecule has 21 heavy (non-hydrogen) atoms. The van der Waals surface area contributed by atoms with Crippen LogP contribution in [0.15, 0.2) is 18.2 Å². The van der Waals surface area contributed by atoms with Crippen molar-refractivity contribution in [3.8, 4) is 11.8 Å². The summed E-state index contributed by atoms with van der Waals surface area (Å²) in [4.78, 5) is 36.3. The van der Waals surface area contributed by atoms with Crippen molar-refractivity contribution in [1.29, 1.82) is 0 Å². The molecule has 1 atom stereocenters. The summed E-state index contributed by atoms with van der Waals surface area (Å²) < 4.78 is 0. The maximum absolute atomic E-state index is 12.4. The molecule has 2 rings (SSSR count). The number of hydrogen-bond donors (Lipinski definition) is 0. The van der Waals surface area contributed by atoms with Crippen LogP contribution in [0.5, 0.6) is 0 Å². The van der Waals surface area contributed by atoms with Crippen LogP contribution in [0, 0.1) is 11.8 Å². The van der Waals surface area contributed by atoms with E-state index in [1.165, 1.54) is 11.8 Å². The monoisotopic (exact) mass is 283 g/mol. The van der Waals surface area contributed by atoms with E-state index in [-0.39, 0.29) is 11.7 Å². The Morgan fingerprint density at radius 2 is 2.24 bits per heavy atom. The van der Waals surface area contributed by atoms with Crippen molar-refractivity contribution in [2.24, 2.45) is 0 Å². The second kappa shape index (κ2) is 6.36. The highest BCUT2D eigenvalue weighted by atomic mass is 16.2. The van der Waals surface area contributed by atoms with Gasteiger partial charge in [0.25, 0.3) is 5.91 Å². The molecule has 4 heteroatoms. The van der Waals surface area contributed by atoms with Crippen molar-refractivity contribution in [2.45, 2.75) is 39.3 Å². The van der Waals surface area contributed by atoms with Gasteiger partial charge in [0.15, 0.2) is 0 Å². The number of fused-ring (bicyclic) bond motifs is 1. The predicted octanol–water partition coefficient (Wildman–Crippen LogP) is 1.95. The minimum Gasteiger partial charge on any atom is -0.324 e. The fraction of sp³-hybridized carbons (Fsp3) is 0.353. The van der Waals surface area contributed by atoms with Crippen LogP contribution >= 0.6 is 0 Å². The first-order chi connectivity index (χ1) is 10.1. The van der Waals surface area contributed by atoms with E-state index >= 15 is 0 Å². The molecule has 0 saturated heterocycles. The number of aldehydes is 1. The first-order valence-electron chi connectivity index (χ1n) is 6.88. The van der Waals surface area contributed by atoms with E-state index in [2.05, 4.69) is 11.8 Å². The van der Waals surface area contributed by atoms with Crippen LogP contribution in [0.4, 0.5) is 0 Å². The molecule has 108 valence electrons. The van der Waals surface area contributed by atoms with Crippen molar-refractivity contribution < 1.29 is 14.4 Å². The highest BCUT2D eigenvalue weighted by molar-refractivity contribution is 6.00. The van der Waals surface area contributed by atoms with Crippen LogP contribution in [-0.2, 0) is 16.1 Å². The minimum absolute atomic E-state index is 0.0172. The van der Waals surface area contributed by atoms with Gasteiger partial charge < -0.3 is 14.5 Å². The van der Waals surface area contributed by atoms with E-state index in [1.807, 2.05) is 6.07 Å². The lowest BCUT2D eigenvalue weighted by Crippen LogP contribution is -2.37. The molecule has 1 aliphatic heterocycles. The van der Waals surface area contributed by atoms with Crippen molar-refractivity contribution in [1.82, 2.24) is 4.90 Å². The van der Waals surface area contributed by atoms with Gasteiger partial charge in [-0.1, -0.05) is 12.0 Å². The minimum atomic E-state index is -0.559. The molecular weight excluding hydrogens is 266 g/mol. The van der Waals surface area contributed by atoms with Crippen molar-refractivity contribution in [3.63, 3.8) is 0 Å². The zero-order valence-electron chi connectivity index (χ0n) is 12.2. The van der Waals surface area contributed by atoms with Crippen LogP contribution in [0.25, 0.3) is 0 Å². The molecule has 0 N–H and O–H groups in total. The molecule has 0 aliphatic carbocycles. The lowest BCUT2D eigenvalue weighted by Gasteiger charge is -2.22. The zero-order valence-corrected chi connectivity index (χ0v) is 12.2. The normalized spacial score (nSPS) is 14.2. The Labute approximate surface area is 124 Å². The van der Waals surface area contributed by atoms with E-state index in [0.29, 0.717) is 24.9 Å². The lowest BCUT2D eigenvalue weighted by atomic mass is 10.0. The van der Waals surface area contributed by atoms with E-state index < -0.39 is 6.04 Å². The summed E-state index contributed by atoms with van der Waals surface area (Å²) in [6.45, 7) is 3.60. The largest absolute Gasteiger partial charge is 0.324 e. The third kappa shape index (κ3) is 3.03. The highest BCUT2D eigenvalue weighted by Crippen LogP contribution is 2.28. The molecular formula is C17H17NO3. The van der Waals surface area contributed by atoms with E-state index in [0.717, 1.165) is 17.4 Å². The fourth-order valence-electron chi connectivity index (χ4n) is 2.52. The van der Waals surface area contributed by atoms with Crippen molar-refractivity contribution in [2.75, 3.05) is 0 Å². The number of benzene rings is 1.